The molecule has 9 nitrogen and oxygen atoms in total. The maximum absolute atomic E-state index is 14.7. The highest BCUT2D eigenvalue weighted by atomic mass is 19.1. The van der Waals surface area contributed by atoms with Crippen molar-refractivity contribution in [3.05, 3.63) is 89.9 Å². The Labute approximate surface area is 225 Å². The zero-order chi connectivity index (χ0) is 27.9. The molecule has 4 rings (SSSR count). The highest BCUT2D eigenvalue weighted by Gasteiger charge is 2.28. The number of aromatic nitrogens is 1. The largest absolute Gasteiger partial charge is 0.493 e. The highest BCUT2D eigenvalue weighted by Crippen LogP contribution is 2.33. The summed E-state index contributed by atoms with van der Waals surface area (Å²) < 4.78 is 30.3. The van der Waals surface area contributed by atoms with E-state index in [9.17, 15) is 14.0 Å². The van der Waals surface area contributed by atoms with Gasteiger partial charge in [0, 0.05) is 22.8 Å². The number of halogens is 1. The van der Waals surface area contributed by atoms with Crippen LogP contribution >= 0.6 is 0 Å². The van der Waals surface area contributed by atoms with Crippen LogP contribution in [0, 0.1) is 5.82 Å². The maximum Gasteiger partial charge on any atom is 0.307 e. The second kappa shape index (κ2) is 12.1. The summed E-state index contributed by atoms with van der Waals surface area (Å²) in [6.07, 6.45) is 1.34. The molecule has 39 heavy (non-hydrogen) atoms. The van der Waals surface area contributed by atoms with Crippen LogP contribution in [0.1, 0.15) is 29.6 Å². The summed E-state index contributed by atoms with van der Waals surface area (Å²) >= 11 is 0. The molecule has 4 aromatic rings. The van der Waals surface area contributed by atoms with Crippen molar-refractivity contribution in [2.24, 2.45) is 0 Å². The number of hydrogen-bond donors (Lipinski definition) is 3. The lowest BCUT2D eigenvalue weighted by Crippen LogP contribution is -2.37. The summed E-state index contributed by atoms with van der Waals surface area (Å²) in [5.41, 5.74) is 7.32. The molecule has 0 aliphatic carbocycles. The van der Waals surface area contributed by atoms with Crippen molar-refractivity contribution in [1.29, 1.82) is 0 Å². The Bertz CT molecular complexity index is 1500. The van der Waals surface area contributed by atoms with E-state index < -0.39 is 29.8 Å². The van der Waals surface area contributed by atoms with Gasteiger partial charge in [-0.1, -0.05) is 24.3 Å². The van der Waals surface area contributed by atoms with Crippen LogP contribution in [0.25, 0.3) is 10.8 Å². The molecule has 0 saturated carbocycles. The third-order valence-electron chi connectivity index (χ3n) is 6.30. The van der Waals surface area contributed by atoms with Crippen LogP contribution < -0.4 is 25.8 Å². The normalized spacial score (nSPS) is 12.3. The Morgan fingerprint density at radius 3 is 2.46 bits per heavy atom. The van der Waals surface area contributed by atoms with Gasteiger partial charge < -0.3 is 30.6 Å². The average Bonchev–Trinajstić information content (AvgIpc) is 2.95. The molecule has 4 N–H and O–H groups in total. The minimum absolute atomic E-state index is 0.163. The maximum atomic E-state index is 14.7. The van der Waals surface area contributed by atoms with Gasteiger partial charge >= 0.3 is 5.97 Å². The first-order chi connectivity index (χ1) is 18.8. The fourth-order valence-corrected chi connectivity index (χ4v) is 4.29. The molecule has 1 heterocycles. The first kappa shape index (κ1) is 27.2. The highest BCUT2D eigenvalue weighted by molar-refractivity contribution is 5.94. The van der Waals surface area contributed by atoms with Gasteiger partial charge in [-0.3, -0.25) is 9.59 Å². The Morgan fingerprint density at radius 1 is 0.974 bits per heavy atom. The van der Waals surface area contributed by atoms with Crippen molar-refractivity contribution in [2.45, 2.75) is 18.5 Å². The molecule has 2 atom stereocenters. The van der Waals surface area contributed by atoms with Gasteiger partial charge in [0.2, 0.25) is 5.91 Å². The predicted octanol–water partition coefficient (Wildman–Crippen LogP) is 4.55. The second-order valence-corrected chi connectivity index (χ2v) is 8.69. The number of fused-ring (bicyclic) bond motifs is 1. The number of carbonyl (C=O) groups excluding carboxylic acids is 2. The number of nitrogens with two attached hydrogens (primary N) is 1. The van der Waals surface area contributed by atoms with E-state index in [1.807, 2.05) is 18.2 Å². The van der Waals surface area contributed by atoms with Gasteiger partial charge in [-0.15, -0.1) is 0 Å². The van der Waals surface area contributed by atoms with Gasteiger partial charge in [-0.05, 0) is 53.4 Å². The lowest BCUT2D eigenvalue weighted by Gasteiger charge is -2.25. The molecule has 0 aliphatic rings. The molecule has 0 saturated heterocycles. The number of benzene rings is 3. The van der Waals surface area contributed by atoms with Crippen LogP contribution in [-0.4, -0.2) is 38.2 Å². The summed E-state index contributed by atoms with van der Waals surface area (Å²) in [4.78, 5) is 30.1. The average molecular weight is 533 g/mol. The van der Waals surface area contributed by atoms with Crippen LogP contribution in [0.3, 0.4) is 0 Å². The van der Waals surface area contributed by atoms with E-state index in [1.54, 1.807) is 36.5 Å². The minimum Gasteiger partial charge on any atom is -0.493 e. The van der Waals surface area contributed by atoms with Crippen LogP contribution in [0.5, 0.6) is 11.5 Å². The molecular weight excluding hydrogens is 503 g/mol. The molecule has 202 valence electrons. The van der Waals surface area contributed by atoms with Gasteiger partial charge in [0.15, 0.2) is 11.5 Å². The van der Waals surface area contributed by atoms with E-state index in [-0.39, 0.29) is 12.0 Å². The predicted molar refractivity (Wildman–Crippen MR) is 146 cm³/mol. The first-order valence-electron chi connectivity index (χ1n) is 12.1. The van der Waals surface area contributed by atoms with Crippen LogP contribution in [0.4, 0.5) is 15.9 Å². The molecule has 10 heteroatoms. The summed E-state index contributed by atoms with van der Waals surface area (Å²) in [7, 11) is 4.25. The Hall–Kier alpha value is -4.86. The van der Waals surface area contributed by atoms with E-state index in [0.29, 0.717) is 28.6 Å². The number of nitrogen functional groups attached to an aromatic ring is 1. The Morgan fingerprint density at radius 2 is 1.74 bits per heavy atom. The summed E-state index contributed by atoms with van der Waals surface area (Å²) in [5.74, 6) is -0.350. The van der Waals surface area contributed by atoms with Gasteiger partial charge in [0.1, 0.15) is 17.7 Å². The SMILES string of the molecule is COC(=O)CC(NC(=O)[C@H](Nc1ccc2c(N)nccc2c1)c1ccc(OC)c(OC)c1)c1ccccc1F. The molecule has 0 fully saturated rings. The third kappa shape index (κ3) is 6.18. The molecule has 0 spiro atoms. The number of esters is 1. The summed E-state index contributed by atoms with van der Waals surface area (Å²) in [6.45, 7) is 0. The lowest BCUT2D eigenvalue weighted by molar-refractivity contribution is -0.141. The molecule has 1 unspecified atom stereocenters. The fraction of sp³-hybridized carbons (Fsp3) is 0.207. The molecule has 1 amide bonds. The molecule has 3 aromatic carbocycles. The van der Waals surface area contributed by atoms with E-state index in [2.05, 4.69) is 15.6 Å². The van der Waals surface area contributed by atoms with E-state index in [4.69, 9.17) is 19.9 Å². The van der Waals surface area contributed by atoms with Gasteiger partial charge in [-0.25, -0.2) is 9.37 Å². The van der Waals surface area contributed by atoms with Crippen molar-refractivity contribution in [1.82, 2.24) is 10.3 Å². The molecule has 0 radical (unpaired) electrons. The first-order valence-corrected chi connectivity index (χ1v) is 12.1. The molecule has 0 bridgehead atoms. The van der Waals surface area contributed by atoms with Gasteiger partial charge in [-0.2, -0.15) is 0 Å². The topological polar surface area (TPSA) is 125 Å². The summed E-state index contributed by atoms with van der Waals surface area (Å²) in [6, 6.07) is 16.3. The van der Waals surface area contributed by atoms with Crippen molar-refractivity contribution in [2.75, 3.05) is 32.4 Å². The smallest absolute Gasteiger partial charge is 0.307 e. The zero-order valence-electron chi connectivity index (χ0n) is 21.7. The van der Waals surface area contributed by atoms with Crippen molar-refractivity contribution >= 4 is 34.2 Å². The number of amides is 1. The van der Waals surface area contributed by atoms with Crippen LogP contribution in [0.2, 0.25) is 0 Å². The molecular formula is C29H29FN4O5. The Balaban J connectivity index is 1.73. The Kier molecular flexibility index (Phi) is 8.45. The minimum atomic E-state index is -0.974. The van der Waals surface area contributed by atoms with Gasteiger partial charge in [0.25, 0.3) is 0 Å². The quantitative estimate of drug-likeness (QED) is 0.254. The number of hydrogen-bond acceptors (Lipinski definition) is 8. The van der Waals surface area contributed by atoms with E-state index in [0.717, 1.165) is 10.8 Å². The van der Waals surface area contributed by atoms with Crippen molar-refractivity contribution < 1.29 is 28.2 Å². The number of nitrogens with one attached hydrogen (secondary N) is 2. The number of rotatable bonds is 10. The zero-order valence-corrected chi connectivity index (χ0v) is 21.7. The standard InChI is InChI=1S/C29H29FN4O5/c1-37-24-11-8-18(15-25(24)38-2)27(33-19-9-10-20-17(14-19)12-13-32-28(20)31)29(36)34-23(16-26(35)39-3)21-6-4-5-7-22(21)30/h4-15,23,27,33H,16H2,1-3H3,(H2,31,32)(H,34,36)/t23?,27-/m1/s1. The number of methoxy groups -OCH3 is 3. The van der Waals surface area contributed by atoms with Crippen molar-refractivity contribution in [3.8, 4) is 11.5 Å². The third-order valence-corrected chi connectivity index (χ3v) is 6.30. The second-order valence-electron chi connectivity index (χ2n) is 8.69. The van der Waals surface area contributed by atoms with Crippen LogP contribution in [-0.2, 0) is 14.3 Å². The van der Waals surface area contributed by atoms with Crippen LogP contribution in [0.15, 0.2) is 72.9 Å². The van der Waals surface area contributed by atoms with Crippen molar-refractivity contribution in [3.63, 3.8) is 0 Å². The monoisotopic (exact) mass is 532 g/mol. The number of ether oxygens (including phenoxy) is 3. The van der Waals surface area contributed by atoms with E-state index in [1.165, 1.54) is 39.5 Å². The number of anilines is 2. The number of pyridine rings is 1. The summed E-state index contributed by atoms with van der Waals surface area (Å²) in [5, 5.41) is 7.68. The fourth-order valence-electron chi connectivity index (χ4n) is 4.29. The number of carbonyl (C=O) groups is 2. The lowest BCUT2D eigenvalue weighted by atomic mass is 10.00. The molecule has 1 aromatic heterocycles. The van der Waals surface area contributed by atoms with Gasteiger partial charge in [0.05, 0.1) is 33.8 Å². The number of nitrogens with zero attached hydrogens (tertiary/aromatic N) is 1. The van der Waals surface area contributed by atoms with E-state index >= 15 is 0 Å². The molecule has 0 aliphatic heterocycles.